The number of likely N-dealkylation sites (tertiary alicyclic amines) is 1. The fourth-order valence-electron chi connectivity index (χ4n) is 4.69. The smallest absolute Gasteiger partial charge is 0.254 e. The van der Waals surface area contributed by atoms with Gasteiger partial charge in [-0.1, -0.05) is 23.2 Å². The Kier molecular flexibility index (Phi) is 10.6. The van der Waals surface area contributed by atoms with Gasteiger partial charge in [-0.25, -0.2) is 4.98 Å². The first kappa shape index (κ1) is 28.7. The third-order valence-electron chi connectivity index (χ3n) is 6.70. The molecule has 37 heavy (non-hydrogen) atoms. The van der Waals surface area contributed by atoms with Gasteiger partial charge in [0.25, 0.3) is 5.91 Å². The van der Waals surface area contributed by atoms with Crippen molar-refractivity contribution in [2.24, 2.45) is 0 Å². The number of rotatable bonds is 10. The van der Waals surface area contributed by atoms with E-state index < -0.39 is 0 Å². The zero-order chi connectivity index (χ0) is 26.9. The molecule has 1 saturated heterocycles. The molecule has 1 aliphatic rings. The van der Waals surface area contributed by atoms with Crippen LogP contribution in [0.1, 0.15) is 47.7 Å². The topological polar surface area (TPSA) is 108 Å². The van der Waals surface area contributed by atoms with E-state index in [-0.39, 0.29) is 33.9 Å². The summed E-state index contributed by atoms with van der Waals surface area (Å²) in [5.74, 6) is 0.329. The fourth-order valence-corrected chi connectivity index (χ4v) is 5.96. The minimum atomic E-state index is -0.251. The van der Waals surface area contributed by atoms with Crippen LogP contribution < -0.4 is 10.6 Å². The molecule has 0 radical (unpaired) electrons. The fraction of sp³-hybridized carbons (Fsp3) is 0.462. The zero-order valence-corrected chi connectivity index (χ0v) is 23.6. The summed E-state index contributed by atoms with van der Waals surface area (Å²) < 4.78 is 0. The Bertz CT molecular complexity index is 1160. The van der Waals surface area contributed by atoms with Crippen molar-refractivity contribution >= 4 is 40.4 Å². The molecule has 1 aliphatic heterocycles. The van der Waals surface area contributed by atoms with Crippen LogP contribution in [0, 0.1) is 29.6 Å². The predicted molar refractivity (Wildman–Crippen MR) is 147 cm³/mol. The van der Waals surface area contributed by atoms with Gasteiger partial charge in [0.2, 0.25) is 0 Å². The molecular formula is C26H31Cl2N7OS. The summed E-state index contributed by atoms with van der Waals surface area (Å²) in [7, 11) is 1.75. The lowest BCUT2D eigenvalue weighted by Gasteiger charge is -2.42. The van der Waals surface area contributed by atoms with Crippen LogP contribution in [0.3, 0.4) is 0 Å². The Morgan fingerprint density at radius 2 is 2.03 bits per heavy atom. The Labute approximate surface area is 232 Å². The Balaban J connectivity index is 1.58. The summed E-state index contributed by atoms with van der Waals surface area (Å²) >= 11 is 13.7. The molecule has 0 aliphatic carbocycles. The van der Waals surface area contributed by atoms with E-state index >= 15 is 0 Å². The second-order valence-corrected chi connectivity index (χ2v) is 10.6. The van der Waals surface area contributed by atoms with Crippen LogP contribution in [-0.2, 0) is 6.54 Å². The summed E-state index contributed by atoms with van der Waals surface area (Å²) in [5.41, 5.74) is 2.30. The Hall–Kier alpha value is -2.82. The maximum atomic E-state index is 12.6. The van der Waals surface area contributed by atoms with Gasteiger partial charge in [0.15, 0.2) is 5.57 Å². The van der Waals surface area contributed by atoms with E-state index in [1.54, 1.807) is 31.4 Å². The molecule has 196 valence electrons. The lowest BCUT2D eigenvalue weighted by Crippen LogP contribution is -2.49. The molecule has 2 aromatic heterocycles. The normalized spacial score (nSPS) is 14.8. The molecule has 1 fully saturated rings. The number of nitriles is 2. The van der Waals surface area contributed by atoms with Gasteiger partial charge in [-0.15, -0.1) is 0 Å². The van der Waals surface area contributed by atoms with Gasteiger partial charge in [-0.3, -0.25) is 4.79 Å². The highest BCUT2D eigenvalue weighted by atomic mass is 35.5. The second kappa shape index (κ2) is 13.6. The molecule has 11 heteroatoms. The second-order valence-electron chi connectivity index (χ2n) is 9.05. The van der Waals surface area contributed by atoms with Crippen LogP contribution in [0.4, 0.5) is 0 Å². The van der Waals surface area contributed by atoms with Crippen LogP contribution in [-0.4, -0.2) is 59.5 Å². The molecule has 1 amide bonds. The summed E-state index contributed by atoms with van der Waals surface area (Å²) in [6.45, 7) is 6.88. The number of pyridine rings is 1. The van der Waals surface area contributed by atoms with Gasteiger partial charge in [-0.05, 0) is 67.1 Å². The minimum Gasteiger partial charge on any atom is -0.373 e. The maximum Gasteiger partial charge on any atom is 0.254 e. The van der Waals surface area contributed by atoms with Crippen LogP contribution >= 0.6 is 34.5 Å². The molecule has 0 bridgehead atoms. The maximum absolute atomic E-state index is 12.6. The van der Waals surface area contributed by atoms with Gasteiger partial charge in [0.1, 0.15) is 28.3 Å². The first-order chi connectivity index (χ1) is 17.8. The number of piperidine rings is 1. The number of aryl methyl sites for hydroxylation is 1. The van der Waals surface area contributed by atoms with Crippen molar-refractivity contribution in [3.63, 3.8) is 0 Å². The Morgan fingerprint density at radius 3 is 2.59 bits per heavy atom. The molecule has 0 saturated carbocycles. The van der Waals surface area contributed by atoms with Crippen LogP contribution in [0.5, 0.6) is 0 Å². The van der Waals surface area contributed by atoms with Crippen molar-refractivity contribution in [2.75, 3.05) is 26.7 Å². The van der Waals surface area contributed by atoms with Crippen molar-refractivity contribution in [3.8, 4) is 12.1 Å². The van der Waals surface area contributed by atoms with Crippen molar-refractivity contribution < 1.29 is 4.79 Å². The number of aromatic nitrogens is 1. The van der Waals surface area contributed by atoms with Gasteiger partial charge in [0, 0.05) is 45.3 Å². The van der Waals surface area contributed by atoms with E-state index in [2.05, 4.69) is 43.8 Å². The Morgan fingerprint density at radius 1 is 1.32 bits per heavy atom. The number of hydrogen-bond acceptors (Lipinski definition) is 8. The summed E-state index contributed by atoms with van der Waals surface area (Å²) in [5, 5.41) is 29.6. The number of amides is 1. The number of halogens is 2. The number of nitrogens with one attached hydrogen (secondary N) is 2. The molecule has 2 N–H and O–H groups in total. The van der Waals surface area contributed by atoms with Gasteiger partial charge in [-0.2, -0.15) is 21.9 Å². The first-order valence-electron chi connectivity index (χ1n) is 12.1. The lowest BCUT2D eigenvalue weighted by molar-refractivity contribution is 0.0904. The molecule has 3 heterocycles. The largest absolute Gasteiger partial charge is 0.373 e. The number of allylic oxidation sites excluding steroid dienone is 1. The van der Waals surface area contributed by atoms with E-state index in [0.29, 0.717) is 30.0 Å². The number of hydrogen-bond donors (Lipinski definition) is 2. The third-order valence-corrected chi connectivity index (χ3v) is 7.90. The van der Waals surface area contributed by atoms with Crippen LogP contribution in [0.2, 0.25) is 10.3 Å². The SMILES string of the molecule is CNC(=C(C#N)C#N)N(Cc1ccsc1)C1CCN([C@H](C)CCNC(=O)c2c(C)cc(Cl)nc2Cl)CC1. The summed E-state index contributed by atoms with van der Waals surface area (Å²) in [6, 6.07) is 8.25. The number of carbonyl (C=O) groups excluding carboxylic acids is 1. The number of thiophene rings is 1. The molecule has 0 spiro atoms. The third kappa shape index (κ3) is 7.37. The van der Waals surface area contributed by atoms with E-state index in [4.69, 9.17) is 23.2 Å². The average molecular weight is 561 g/mol. The molecule has 2 aromatic rings. The highest BCUT2D eigenvalue weighted by Gasteiger charge is 2.29. The molecular weight excluding hydrogens is 529 g/mol. The van der Waals surface area contributed by atoms with Crippen LogP contribution in [0.15, 0.2) is 34.3 Å². The van der Waals surface area contributed by atoms with Crippen molar-refractivity contribution in [2.45, 2.75) is 51.7 Å². The highest BCUT2D eigenvalue weighted by Crippen LogP contribution is 2.26. The first-order valence-corrected chi connectivity index (χ1v) is 13.8. The summed E-state index contributed by atoms with van der Waals surface area (Å²) in [6.07, 6.45) is 2.60. The van der Waals surface area contributed by atoms with E-state index in [0.717, 1.165) is 37.9 Å². The van der Waals surface area contributed by atoms with Crippen LogP contribution in [0.25, 0.3) is 0 Å². The minimum absolute atomic E-state index is 0.0931. The van der Waals surface area contributed by atoms with E-state index in [1.165, 1.54) is 0 Å². The highest BCUT2D eigenvalue weighted by molar-refractivity contribution is 7.07. The molecule has 0 unspecified atom stereocenters. The molecule has 8 nitrogen and oxygen atoms in total. The average Bonchev–Trinajstić information content (AvgIpc) is 3.39. The zero-order valence-electron chi connectivity index (χ0n) is 21.2. The quantitative estimate of drug-likeness (QED) is 0.320. The number of nitrogens with zero attached hydrogens (tertiary/aromatic N) is 5. The lowest BCUT2D eigenvalue weighted by atomic mass is 9.99. The summed E-state index contributed by atoms with van der Waals surface area (Å²) in [4.78, 5) is 21.2. The predicted octanol–water partition coefficient (Wildman–Crippen LogP) is 4.71. The van der Waals surface area contributed by atoms with E-state index in [9.17, 15) is 15.3 Å². The van der Waals surface area contributed by atoms with Gasteiger partial charge >= 0.3 is 0 Å². The van der Waals surface area contributed by atoms with Crippen molar-refractivity contribution in [1.82, 2.24) is 25.4 Å². The van der Waals surface area contributed by atoms with Gasteiger partial charge in [0.05, 0.1) is 5.56 Å². The molecule has 1 atom stereocenters. The molecule has 3 rings (SSSR count). The standard InChI is InChI=1S/C26H31Cl2N7OS/c1-17-12-22(27)33-24(28)23(17)26(36)32-8-4-18(2)34-9-5-21(6-10-34)35(15-19-7-11-37-16-19)25(31-3)20(13-29)14-30/h7,11-12,16,18,21,31H,4-6,8-10,15H2,1-3H3,(H,32,36)/t18-/m1/s1. The van der Waals surface area contributed by atoms with Crippen molar-refractivity contribution in [3.05, 3.63) is 61.3 Å². The van der Waals surface area contributed by atoms with Gasteiger partial charge < -0.3 is 20.4 Å². The van der Waals surface area contributed by atoms with Crippen molar-refractivity contribution in [1.29, 1.82) is 10.5 Å². The monoisotopic (exact) mass is 559 g/mol. The molecule has 0 aromatic carbocycles. The number of carbonyl (C=O) groups is 1. The van der Waals surface area contributed by atoms with E-state index in [1.807, 2.05) is 17.5 Å².